The predicted molar refractivity (Wildman–Crippen MR) is 141 cm³/mol. The summed E-state index contributed by atoms with van der Waals surface area (Å²) < 4.78 is 155. The van der Waals surface area contributed by atoms with E-state index >= 15 is 0 Å². The highest BCUT2D eigenvalue weighted by Gasteiger charge is 2.72. The van der Waals surface area contributed by atoms with Gasteiger partial charge in [0, 0.05) is 24.4 Å². The molecule has 21 heteroatoms. The molecule has 0 saturated carbocycles. The van der Waals surface area contributed by atoms with Crippen LogP contribution in [0.4, 0.5) is 26.3 Å². The van der Waals surface area contributed by atoms with Crippen molar-refractivity contribution in [3.63, 3.8) is 0 Å². The standard InChI is InChI=1S/C14H27NO8S2.C8H11F6NO2S/c1-12(2,3)22-10(16)14(7,11(17)23-13(4,5)6)9-15(24(18)19)25(8,20)21;9-6(10)7(11,12)8(13,14)18(16,17)15-4-2-1-3-5-15/h9H2,1-8H3,(H,18,19);6H,1-5H2/p-1. The van der Waals surface area contributed by atoms with Crippen molar-refractivity contribution < 1.29 is 71.0 Å². The van der Waals surface area contributed by atoms with Crippen LogP contribution in [0, 0.1) is 5.41 Å². The van der Waals surface area contributed by atoms with Gasteiger partial charge in [0.1, 0.15) is 11.2 Å². The lowest BCUT2D eigenvalue weighted by Crippen LogP contribution is -2.57. The number of hydrogen-bond acceptors (Lipinski definition) is 10. The van der Waals surface area contributed by atoms with Crippen LogP contribution in [-0.2, 0) is 50.4 Å². The average Bonchev–Trinajstić information content (AvgIpc) is 2.79. The van der Waals surface area contributed by atoms with Gasteiger partial charge in [0.2, 0.25) is 10.0 Å². The highest BCUT2D eigenvalue weighted by Crippen LogP contribution is 2.44. The number of hydrogen-bond donors (Lipinski definition) is 0. The van der Waals surface area contributed by atoms with Gasteiger partial charge in [0.25, 0.3) is 10.0 Å². The summed E-state index contributed by atoms with van der Waals surface area (Å²) in [6.45, 7) is 8.73. The molecule has 1 unspecified atom stereocenters. The summed E-state index contributed by atoms with van der Waals surface area (Å²) in [4.78, 5) is 25.1. The molecule has 256 valence electrons. The fourth-order valence-corrected chi connectivity index (χ4v) is 6.34. The Morgan fingerprint density at radius 2 is 1.23 bits per heavy atom. The Morgan fingerprint density at radius 1 is 0.860 bits per heavy atom. The maximum Gasteiger partial charge on any atom is 0.426 e. The van der Waals surface area contributed by atoms with Crippen LogP contribution in [0.3, 0.4) is 0 Å². The minimum absolute atomic E-state index is 0.0147. The molecule has 1 aliphatic rings. The van der Waals surface area contributed by atoms with Crippen LogP contribution in [0.2, 0.25) is 0 Å². The molecule has 12 nitrogen and oxygen atoms in total. The largest absolute Gasteiger partial charge is 0.759 e. The second kappa shape index (κ2) is 14.3. The van der Waals surface area contributed by atoms with Crippen molar-refractivity contribution in [3.05, 3.63) is 0 Å². The molecule has 0 aromatic carbocycles. The lowest BCUT2D eigenvalue weighted by atomic mass is 9.90. The molecule has 1 aliphatic heterocycles. The number of sulfonamides is 2. The van der Waals surface area contributed by atoms with Crippen LogP contribution in [0.5, 0.6) is 0 Å². The first-order chi connectivity index (χ1) is 18.8. The molecule has 1 atom stereocenters. The maximum atomic E-state index is 13.2. The first-order valence-corrected chi connectivity index (χ1v) is 16.7. The molecular formula is C22H37F6N2O10S3-. The van der Waals surface area contributed by atoms with Crippen LogP contribution >= 0.6 is 0 Å². The van der Waals surface area contributed by atoms with E-state index < -0.39 is 84.0 Å². The highest BCUT2D eigenvalue weighted by molar-refractivity contribution is 7.98. The van der Waals surface area contributed by atoms with Gasteiger partial charge in [-0.25, -0.2) is 25.6 Å². The van der Waals surface area contributed by atoms with Crippen molar-refractivity contribution in [2.45, 2.75) is 96.5 Å². The highest BCUT2D eigenvalue weighted by atomic mass is 32.3. The van der Waals surface area contributed by atoms with Crippen LogP contribution in [0.25, 0.3) is 0 Å². The molecule has 0 amide bonds. The fraction of sp³-hybridized carbons (Fsp3) is 0.909. The molecule has 43 heavy (non-hydrogen) atoms. The van der Waals surface area contributed by atoms with E-state index in [1.54, 1.807) is 41.5 Å². The fourth-order valence-electron chi connectivity index (χ4n) is 3.10. The quantitative estimate of drug-likeness (QED) is 0.143. The monoisotopic (exact) mass is 699 g/mol. The van der Waals surface area contributed by atoms with E-state index in [1.807, 2.05) is 0 Å². The molecule has 1 heterocycles. The lowest BCUT2D eigenvalue weighted by molar-refractivity contribution is -0.226. The Morgan fingerprint density at radius 3 is 1.51 bits per heavy atom. The van der Waals surface area contributed by atoms with E-state index in [9.17, 15) is 61.5 Å². The first kappa shape index (κ1) is 41.4. The molecule has 1 rings (SSSR count). The summed E-state index contributed by atoms with van der Waals surface area (Å²) in [5.41, 5.74) is -4.14. The van der Waals surface area contributed by atoms with Gasteiger partial charge in [-0.1, -0.05) is 6.42 Å². The number of piperidine rings is 1. The zero-order valence-corrected chi connectivity index (χ0v) is 27.2. The topological polar surface area (TPSA) is 167 Å². The number of carbonyl (C=O) groups is 2. The van der Waals surface area contributed by atoms with E-state index in [4.69, 9.17) is 9.47 Å². The molecule has 0 aromatic heterocycles. The number of alkyl halides is 6. The summed E-state index contributed by atoms with van der Waals surface area (Å²) in [6, 6.07) is 0. The van der Waals surface area contributed by atoms with E-state index in [0.29, 0.717) is 12.7 Å². The van der Waals surface area contributed by atoms with Gasteiger partial charge in [-0.2, -0.15) is 21.9 Å². The van der Waals surface area contributed by atoms with Gasteiger partial charge < -0.3 is 14.0 Å². The SMILES string of the molecule is CC(C)(C)OC(=O)C(C)(CN(S(=O)[O-])S(C)(=O)=O)C(=O)OC(C)(C)C.O=S(=O)(N1CCCCC1)C(F)(F)C(F)(F)C(F)F. The summed E-state index contributed by atoms with van der Waals surface area (Å²) in [7, 11) is -10.0. The van der Waals surface area contributed by atoms with Crippen LogP contribution in [0.15, 0.2) is 0 Å². The average molecular weight is 700 g/mol. The Hall–Kier alpha value is -1.55. The zero-order chi connectivity index (χ0) is 34.6. The first-order valence-electron chi connectivity index (χ1n) is 12.4. The van der Waals surface area contributed by atoms with Gasteiger partial charge in [-0.15, -0.1) is 3.71 Å². The maximum absolute atomic E-state index is 13.2. The smallest absolute Gasteiger partial charge is 0.426 e. The predicted octanol–water partition coefficient (Wildman–Crippen LogP) is 3.03. The normalized spacial score (nSPS) is 17.2. The van der Waals surface area contributed by atoms with Crippen molar-refractivity contribution in [2.24, 2.45) is 5.41 Å². The van der Waals surface area contributed by atoms with E-state index in [2.05, 4.69) is 0 Å². The van der Waals surface area contributed by atoms with Gasteiger partial charge >= 0.3 is 29.5 Å². The van der Waals surface area contributed by atoms with E-state index in [0.717, 1.165) is 6.92 Å². The van der Waals surface area contributed by atoms with Crippen LogP contribution < -0.4 is 0 Å². The minimum Gasteiger partial charge on any atom is -0.759 e. The van der Waals surface area contributed by atoms with Crippen molar-refractivity contribution in [2.75, 3.05) is 25.9 Å². The van der Waals surface area contributed by atoms with E-state index in [1.165, 1.54) is 0 Å². The molecule has 0 radical (unpaired) electrons. The molecule has 1 saturated heterocycles. The zero-order valence-electron chi connectivity index (χ0n) is 24.8. The van der Waals surface area contributed by atoms with Crippen LogP contribution in [0.1, 0.15) is 67.7 Å². The lowest BCUT2D eigenvalue weighted by Gasteiger charge is -2.35. The van der Waals surface area contributed by atoms with Gasteiger partial charge in [-0.3, -0.25) is 13.8 Å². The molecule has 0 bridgehead atoms. The third-order valence-corrected chi connectivity index (χ3v) is 9.79. The minimum atomic E-state index is -5.91. The van der Waals surface area contributed by atoms with Crippen molar-refractivity contribution in [3.8, 4) is 0 Å². The number of ether oxygens (including phenoxy) is 2. The Kier molecular flexibility index (Phi) is 13.7. The second-order valence-electron chi connectivity index (χ2n) is 11.7. The van der Waals surface area contributed by atoms with Crippen molar-refractivity contribution in [1.29, 1.82) is 0 Å². The molecular weight excluding hydrogens is 662 g/mol. The molecule has 0 aromatic rings. The molecule has 0 aliphatic carbocycles. The third kappa shape index (κ3) is 11.1. The number of nitrogens with zero attached hydrogens (tertiary/aromatic N) is 2. The number of esters is 2. The van der Waals surface area contributed by atoms with Crippen molar-refractivity contribution >= 4 is 43.3 Å². The van der Waals surface area contributed by atoms with Crippen molar-refractivity contribution in [1.82, 2.24) is 8.02 Å². The van der Waals surface area contributed by atoms with Gasteiger partial charge in [0.15, 0.2) is 5.41 Å². The number of rotatable bonds is 10. The number of halogens is 6. The molecule has 1 fully saturated rings. The van der Waals surface area contributed by atoms with E-state index in [-0.39, 0.29) is 33.9 Å². The Balaban J connectivity index is 0.000000862. The van der Waals surface area contributed by atoms with Gasteiger partial charge in [-0.05, 0) is 61.3 Å². The summed E-state index contributed by atoms with van der Waals surface area (Å²) in [5.74, 6) is -8.09. The van der Waals surface area contributed by atoms with Crippen LogP contribution in [-0.4, -0.2) is 100 Å². The summed E-state index contributed by atoms with van der Waals surface area (Å²) in [5, 5.41) is -5.81. The Bertz CT molecular complexity index is 1200. The van der Waals surface area contributed by atoms with Gasteiger partial charge in [0.05, 0.1) is 12.8 Å². The Labute approximate surface area is 250 Å². The number of carbonyl (C=O) groups excluding carboxylic acids is 2. The summed E-state index contributed by atoms with van der Waals surface area (Å²) >= 11 is -3.22. The molecule has 0 spiro atoms. The summed E-state index contributed by atoms with van der Waals surface area (Å²) in [6.07, 6.45) is -3.08. The second-order valence-corrected chi connectivity index (χ2v) is 16.7. The third-order valence-electron chi connectivity index (χ3n) is 5.32. The molecule has 0 N–H and O–H groups in total.